The van der Waals surface area contributed by atoms with Crippen LogP contribution in [-0.2, 0) is 5.92 Å². The van der Waals surface area contributed by atoms with Gasteiger partial charge >= 0.3 is 0 Å². The lowest BCUT2D eigenvalue weighted by Crippen LogP contribution is -2.37. The van der Waals surface area contributed by atoms with Crippen LogP contribution in [0.15, 0.2) is 30.3 Å². The van der Waals surface area contributed by atoms with E-state index in [1.807, 2.05) is 0 Å². The second-order valence-corrected chi connectivity index (χ2v) is 2.74. The van der Waals surface area contributed by atoms with Crippen LogP contribution in [0.5, 0.6) is 0 Å². The first-order chi connectivity index (χ1) is 6.09. The van der Waals surface area contributed by atoms with Crippen LogP contribution in [0.3, 0.4) is 0 Å². The number of hydrogen-bond donors (Lipinski definition) is 2. The van der Waals surface area contributed by atoms with Gasteiger partial charge in [0.05, 0.1) is 0 Å². The van der Waals surface area contributed by atoms with Gasteiger partial charge in [0.15, 0.2) is 0 Å². The maximum atomic E-state index is 13.2. The third kappa shape index (κ3) is 2.02. The number of benzene rings is 1. The zero-order valence-electron chi connectivity index (χ0n) is 6.95. The standard InChI is InChI=1S/C9H11F2NO/c10-9(11,8(13)6-12)7-4-2-1-3-5-7/h1-5,8,13H,6,12H2/t8-/m1/s1. The fourth-order valence-corrected chi connectivity index (χ4v) is 1.00. The van der Waals surface area contributed by atoms with Crippen molar-refractivity contribution in [3.63, 3.8) is 0 Å². The molecule has 0 fully saturated rings. The lowest BCUT2D eigenvalue weighted by Gasteiger charge is -2.21. The summed E-state index contributed by atoms with van der Waals surface area (Å²) in [7, 11) is 0. The van der Waals surface area contributed by atoms with Crippen LogP contribution >= 0.6 is 0 Å². The topological polar surface area (TPSA) is 46.2 Å². The third-order valence-corrected chi connectivity index (χ3v) is 1.80. The Morgan fingerprint density at radius 1 is 1.31 bits per heavy atom. The molecule has 0 radical (unpaired) electrons. The number of alkyl halides is 2. The Labute approximate surface area is 75.0 Å². The molecule has 3 N–H and O–H groups in total. The van der Waals surface area contributed by atoms with Crippen LogP contribution in [0.25, 0.3) is 0 Å². The van der Waals surface area contributed by atoms with Gasteiger partial charge in [-0.25, -0.2) is 0 Å². The summed E-state index contributed by atoms with van der Waals surface area (Å²) in [5.74, 6) is -3.27. The first kappa shape index (κ1) is 10.1. The van der Waals surface area contributed by atoms with E-state index >= 15 is 0 Å². The van der Waals surface area contributed by atoms with E-state index in [0.717, 1.165) is 0 Å². The Morgan fingerprint density at radius 2 is 1.85 bits per heavy atom. The summed E-state index contributed by atoms with van der Waals surface area (Å²) in [5, 5.41) is 8.96. The molecule has 13 heavy (non-hydrogen) atoms. The molecule has 1 atom stereocenters. The van der Waals surface area contributed by atoms with E-state index in [0.29, 0.717) is 0 Å². The van der Waals surface area contributed by atoms with Crippen molar-refractivity contribution in [2.75, 3.05) is 6.54 Å². The first-order valence-corrected chi connectivity index (χ1v) is 3.90. The zero-order chi connectivity index (χ0) is 9.90. The summed E-state index contributed by atoms with van der Waals surface area (Å²) in [6.07, 6.45) is -1.82. The van der Waals surface area contributed by atoms with Gasteiger partial charge in [0, 0.05) is 12.1 Å². The molecular formula is C9H11F2NO. The van der Waals surface area contributed by atoms with Crippen LogP contribution in [0.2, 0.25) is 0 Å². The van der Waals surface area contributed by atoms with E-state index in [1.54, 1.807) is 6.07 Å². The maximum Gasteiger partial charge on any atom is 0.299 e. The van der Waals surface area contributed by atoms with Gasteiger partial charge in [-0.15, -0.1) is 0 Å². The number of nitrogens with two attached hydrogens (primary N) is 1. The summed E-state index contributed by atoms with van der Waals surface area (Å²) in [6.45, 7) is -0.456. The minimum Gasteiger partial charge on any atom is -0.385 e. The fourth-order valence-electron chi connectivity index (χ4n) is 1.00. The molecule has 0 bridgehead atoms. The molecule has 2 nitrogen and oxygen atoms in total. The lowest BCUT2D eigenvalue weighted by molar-refractivity contribution is -0.110. The van der Waals surface area contributed by atoms with Crippen LogP contribution in [0, 0.1) is 0 Å². The predicted octanol–water partition coefficient (Wildman–Crippen LogP) is 1.10. The Bertz CT molecular complexity index is 264. The number of aliphatic hydroxyl groups excluding tert-OH is 1. The van der Waals surface area contributed by atoms with Crippen LogP contribution < -0.4 is 5.73 Å². The molecule has 1 aromatic carbocycles. The van der Waals surface area contributed by atoms with E-state index in [4.69, 9.17) is 10.8 Å². The quantitative estimate of drug-likeness (QED) is 0.744. The van der Waals surface area contributed by atoms with Gasteiger partial charge in [-0.05, 0) is 0 Å². The largest absolute Gasteiger partial charge is 0.385 e. The molecule has 0 unspecified atom stereocenters. The fraction of sp³-hybridized carbons (Fsp3) is 0.333. The lowest BCUT2D eigenvalue weighted by atomic mass is 10.0. The minimum atomic E-state index is -3.27. The van der Waals surface area contributed by atoms with E-state index in [-0.39, 0.29) is 5.56 Å². The predicted molar refractivity (Wildman–Crippen MR) is 45.4 cm³/mol. The van der Waals surface area contributed by atoms with Crippen molar-refractivity contribution in [3.05, 3.63) is 35.9 Å². The van der Waals surface area contributed by atoms with Crippen molar-refractivity contribution >= 4 is 0 Å². The van der Waals surface area contributed by atoms with E-state index < -0.39 is 18.6 Å². The van der Waals surface area contributed by atoms with E-state index in [9.17, 15) is 8.78 Å². The monoisotopic (exact) mass is 187 g/mol. The van der Waals surface area contributed by atoms with E-state index in [2.05, 4.69) is 0 Å². The van der Waals surface area contributed by atoms with Crippen LogP contribution in [0.1, 0.15) is 5.56 Å². The molecule has 0 amide bonds. The summed E-state index contributed by atoms with van der Waals surface area (Å²) in [5.41, 5.74) is 4.75. The molecule has 0 saturated heterocycles. The zero-order valence-corrected chi connectivity index (χ0v) is 6.95. The molecule has 0 aliphatic carbocycles. The van der Waals surface area contributed by atoms with Crippen LogP contribution in [0.4, 0.5) is 8.78 Å². The van der Waals surface area contributed by atoms with Crippen molar-refractivity contribution in [3.8, 4) is 0 Å². The van der Waals surface area contributed by atoms with Gasteiger partial charge < -0.3 is 10.8 Å². The van der Waals surface area contributed by atoms with Gasteiger partial charge in [0.1, 0.15) is 6.10 Å². The SMILES string of the molecule is NC[C@@H](O)C(F)(F)c1ccccc1. The Morgan fingerprint density at radius 3 is 2.31 bits per heavy atom. The summed E-state index contributed by atoms with van der Waals surface area (Å²) in [4.78, 5) is 0. The highest BCUT2D eigenvalue weighted by Crippen LogP contribution is 2.30. The van der Waals surface area contributed by atoms with Gasteiger partial charge in [0.25, 0.3) is 5.92 Å². The van der Waals surface area contributed by atoms with Crippen molar-refractivity contribution in [1.29, 1.82) is 0 Å². The average molecular weight is 187 g/mol. The molecule has 0 saturated carbocycles. The molecule has 0 spiro atoms. The second-order valence-electron chi connectivity index (χ2n) is 2.74. The molecule has 1 aromatic rings. The Balaban J connectivity index is 2.93. The van der Waals surface area contributed by atoms with Crippen molar-refractivity contribution < 1.29 is 13.9 Å². The van der Waals surface area contributed by atoms with Gasteiger partial charge in [-0.3, -0.25) is 0 Å². The Hall–Kier alpha value is -1.00. The van der Waals surface area contributed by atoms with Crippen molar-refractivity contribution in [2.45, 2.75) is 12.0 Å². The second kappa shape index (κ2) is 3.81. The minimum absolute atomic E-state index is 0.215. The molecule has 4 heteroatoms. The van der Waals surface area contributed by atoms with Crippen molar-refractivity contribution in [1.82, 2.24) is 0 Å². The summed E-state index contributed by atoms with van der Waals surface area (Å²) < 4.78 is 26.4. The van der Waals surface area contributed by atoms with Crippen LogP contribution in [-0.4, -0.2) is 17.8 Å². The van der Waals surface area contributed by atoms with Gasteiger partial charge in [0.2, 0.25) is 0 Å². The Kier molecular flexibility index (Phi) is 2.95. The molecule has 0 aromatic heterocycles. The third-order valence-electron chi connectivity index (χ3n) is 1.80. The highest BCUT2D eigenvalue weighted by atomic mass is 19.3. The van der Waals surface area contributed by atoms with E-state index in [1.165, 1.54) is 24.3 Å². The van der Waals surface area contributed by atoms with Crippen molar-refractivity contribution in [2.24, 2.45) is 5.73 Å². The number of halogens is 2. The average Bonchev–Trinajstić information content (AvgIpc) is 2.18. The molecular weight excluding hydrogens is 176 g/mol. The van der Waals surface area contributed by atoms with Gasteiger partial charge in [-0.1, -0.05) is 30.3 Å². The number of aliphatic hydroxyl groups is 1. The highest BCUT2D eigenvalue weighted by Gasteiger charge is 2.39. The molecule has 0 heterocycles. The highest BCUT2D eigenvalue weighted by molar-refractivity contribution is 5.21. The van der Waals surface area contributed by atoms with Gasteiger partial charge in [-0.2, -0.15) is 8.78 Å². The summed E-state index contributed by atoms with van der Waals surface area (Å²) >= 11 is 0. The molecule has 0 aliphatic rings. The smallest absolute Gasteiger partial charge is 0.299 e. The molecule has 1 rings (SSSR count). The molecule has 72 valence electrons. The normalized spacial score (nSPS) is 14.2. The summed E-state index contributed by atoms with van der Waals surface area (Å²) in [6, 6.07) is 7.14. The first-order valence-electron chi connectivity index (χ1n) is 3.90. The number of hydrogen-bond acceptors (Lipinski definition) is 2. The number of rotatable bonds is 3. The molecule has 0 aliphatic heterocycles. The maximum absolute atomic E-state index is 13.2.